The number of benzene rings is 2. The third-order valence-electron chi connectivity index (χ3n) is 4.94. The van der Waals surface area contributed by atoms with Crippen LogP contribution in [0.5, 0.6) is 0 Å². The van der Waals surface area contributed by atoms with E-state index < -0.39 is 10.0 Å². The number of nitrogens with zero attached hydrogens (tertiary/aromatic N) is 1. The Bertz CT molecular complexity index is 1150. The van der Waals surface area contributed by atoms with Crippen LogP contribution in [-0.4, -0.2) is 25.0 Å². The second-order valence-electron chi connectivity index (χ2n) is 6.96. The van der Waals surface area contributed by atoms with Crippen LogP contribution in [0.1, 0.15) is 39.5 Å². The van der Waals surface area contributed by atoms with Gasteiger partial charge in [0, 0.05) is 40.5 Å². The number of aromatic nitrogens is 1. The van der Waals surface area contributed by atoms with Crippen LogP contribution in [0, 0.1) is 0 Å². The lowest BCUT2D eigenvalue weighted by Crippen LogP contribution is -2.14. The average molecular weight is 415 g/mol. The van der Waals surface area contributed by atoms with Crippen LogP contribution in [0.15, 0.2) is 60.8 Å². The van der Waals surface area contributed by atoms with Gasteiger partial charge in [0.2, 0.25) is 10.0 Å². The highest BCUT2D eigenvalue weighted by molar-refractivity contribution is 7.92. The number of halogens is 1. The monoisotopic (exact) mass is 414 g/mol. The second-order valence-corrected chi connectivity index (χ2v) is 9.11. The number of rotatable bonds is 5. The molecule has 4 rings (SSSR count). The van der Waals surface area contributed by atoms with Gasteiger partial charge in [-0.1, -0.05) is 41.9 Å². The first-order chi connectivity index (χ1) is 13.3. The van der Waals surface area contributed by atoms with Gasteiger partial charge in [-0.2, -0.15) is 0 Å². The number of fused-ring (bicyclic) bond motifs is 1. The van der Waals surface area contributed by atoms with Crippen LogP contribution >= 0.6 is 11.6 Å². The van der Waals surface area contributed by atoms with Gasteiger partial charge in [-0.05, 0) is 36.2 Å². The third-order valence-corrected chi connectivity index (χ3v) is 5.86. The predicted molar refractivity (Wildman–Crippen MR) is 111 cm³/mol. The van der Waals surface area contributed by atoms with Gasteiger partial charge in [-0.15, -0.1) is 0 Å². The minimum atomic E-state index is -3.50. The molecule has 0 fully saturated rings. The standard InChI is InChI=1S/C21H19ClN2O3S/c1-28(26,27)23-15-12-17(21(25)14-6-3-2-4-7-14)20(18(22)13-15)16-9-11-24-10-5-8-19(16)24/h2-8,10,12-13,16,23H,9,11H2,1H3. The van der Waals surface area contributed by atoms with Crippen molar-refractivity contribution in [3.8, 4) is 0 Å². The lowest BCUT2D eigenvalue weighted by molar-refractivity contribution is 0.103. The molecule has 1 N–H and O–H groups in total. The maximum Gasteiger partial charge on any atom is 0.229 e. The zero-order valence-electron chi connectivity index (χ0n) is 15.2. The molecule has 2 heterocycles. The number of ketones is 1. The summed E-state index contributed by atoms with van der Waals surface area (Å²) in [5.41, 5.74) is 3.08. The molecule has 5 nitrogen and oxygen atoms in total. The molecule has 3 aromatic rings. The summed E-state index contributed by atoms with van der Waals surface area (Å²) < 4.78 is 28.0. The van der Waals surface area contributed by atoms with E-state index in [4.69, 9.17) is 11.6 Å². The van der Waals surface area contributed by atoms with Crippen LogP contribution in [-0.2, 0) is 16.6 Å². The fourth-order valence-electron chi connectivity index (χ4n) is 3.83. The van der Waals surface area contributed by atoms with E-state index in [1.165, 1.54) is 0 Å². The number of anilines is 1. The lowest BCUT2D eigenvalue weighted by atomic mass is 9.87. The first-order valence-corrected chi connectivity index (χ1v) is 11.2. The summed E-state index contributed by atoms with van der Waals surface area (Å²) in [4.78, 5) is 13.3. The van der Waals surface area contributed by atoms with Crippen LogP contribution in [0.25, 0.3) is 0 Å². The molecule has 1 unspecified atom stereocenters. The van der Waals surface area contributed by atoms with Crippen molar-refractivity contribution in [2.75, 3.05) is 11.0 Å². The van der Waals surface area contributed by atoms with Gasteiger partial charge in [0.05, 0.1) is 11.9 Å². The number of sulfonamides is 1. The normalized spacial score (nSPS) is 16.0. The van der Waals surface area contributed by atoms with Gasteiger partial charge in [0.25, 0.3) is 0 Å². The smallest absolute Gasteiger partial charge is 0.229 e. The first-order valence-electron chi connectivity index (χ1n) is 8.89. The Hall–Kier alpha value is -2.57. The molecule has 0 saturated carbocycles. The largest absolute Gasteiger partial charge is 0.351 e. The zero-order valence-corrected chi connectivity index (χ0v) is 16.8. The first kappa shape index (κ1) is 18.8. The minimum absolute atomic E-state index is 0.0163. The van der Waals surface area contributed by atoms with E-state index in [2.05, 4.69) is 9.29 Å². The van der Waals surface area contributed by atoms with Crippen molar-refractivity contribution in [1.29, 1.82) is 0 Å². The van der Waals surface area contributed by atoms with E-state index in [1.807, 2.05) is 24.4 Å². The maximum absolute atomic E-state index is 13.3. The molecule has 0 bridgehead atoms. The SMILES string of the molecule is CS(=O)(=O)Nc1cc(Cl)c(C2CCn3cccc32)c(C(=O)c2ccccc2)c1. The van der Waals surface area contributed by atoms with Gasteiger partial charge in [-0.25, -0.2) is 8.42 Å². The highest BCUT2D eigenvalue weighted by atomic mass is 35.5. The van der Waals surface area contributed by atoms with Gasteiger partial charge < -0.3 is 4.57 Å². The van der Waals surface area contributed by atoms with E-state index in [1.54, 1.807) is 36.4 Å². The van der Waals surface area contributed by atoms with Crippen LogP contribution in [0.2, 0.25) is 5.02 Å². The molecule has 2 aromatic carbocycles. The summed E-state index contributed by atoms with van der Waals surface area (Å²) in [6.07, 6.45) is 3.92. The highest BCUT2D eigenvalue weighted by Gasteiger charge is 2.30. The Labute approximate surface area is 169 Å². The van der Waals surface area contributed by atoms with Crippen molar-refractivity contribution in [2.24, 2.45) is 0 Å². The molecule has 0 spiro atoms. The maximum atomic E-state index is 13.3. The number of carbonyl (C=O) groups is 1. The van der Waals surface area contributed by atoms with Gasteiger partial charge in [0.1, 0.15) is 0 Å². The minimum Gasteiger partial charge on any atom is -0.351 e. The van der Waals surface area contributed by atoms with Gasteiger partial charge in [0.15, 0.2) is 5.78 Å². The Morgan fingerprint density at radius 1 is 1.14 bits per heavy atom. The number of aryl methyl sites for hydroxylation is 1. The number of carbonyl (C=O) groups excluding carboxylic acids is 1. The predicted octanol–water partition coefficient (Wildman–Crippen LogP) is 4.28. The topological polar surface area (TPSA) is 68.2 Å². The Balaban J connectivity index is 1.89. The molecule has 7 heteroatoms. The number of hydrogen-bond donors (Lipinski definition) is 1. The molecule has 1 aliphatic rings. The molecule has 0 saturated heterocycles. The third kappa shape index (κ3) is 3.57. The molecule has 0 amide bonds. The van der Waals surface area contributed by atoms with Gasteiger partial charge in [-0.3, -0.25) is 9.52 Å². The molecule has 1 atom stereocenters. The van der Waals surface area contributed by atoms with Crippen molar-refractivity contribution < 1.29 is 13.2 Å². The van der Waals surface area contributed by atoms with Crippen molar-refractivity contribution in [2.45, 2.75) is 18.9 Å². The van der Waals surface area contributed by atoms with Gasteiger partial charge >= 0.3 is 0 Å². The average Bonchev–Trinajstić information content (AvgIpc) is 3.24. The van der Waals surface area contributed by atoms with E-state index in [-0.39, 0.29) is 17.4 Å². The van der Waals surface area contributed by atoms with Crippen molar-refractivity contribution in [1.82, 2.24) is 4.57 Å². The molecular weight excluding hydrogens is 396 g/mol. The van der Waals surface area contributed by atoms with Crippen LogP contribution in [0.4, 0.5) is 5.69 Å². The molecule has 1 aliphatic heterocycles. The van der Waals surface area contributed by atoms with E-state index in [9.17, 15) is 13.2 Å². The molecular formula is C21H19ClN2O3S. The number of hydrogen-bond acceptors (Lipinski definition) is 3. The molecule has 144 valence electrons. The highest BCUT2D eigenvalue weighted by Crippen LogP contribution is 2.41. The molecule has 28 heavy (non-hydrogen) atoms. The van der Waals surface area contributed by atoms with Crippen molar-refractivity contribution >= 4 is 33.1 Å². The van der Waals surface area contributed by atoms with E-state index in [0.29, 0.717) is 16.1 Å². The van der Waals surface area contributed by atoms with E-state index >= 15 is 0 Å². The fourth-order valence-corrected chi connectivity index (χ4v) is 4.73. The summed E-state index contributed by atoms with van der Waals surface area (Å²) in [7, 11) is -3.50. The summed E-state index contributed by atoms with van der Waals surface area (Å²) in [5.74, 6) is -0.197. The Kier molecular flexibility index (Phi) is 4.77. The molecule has 0 radical (unpaired) electrons. The Morgan fingerprint density at radius 2 is 1.89 bits per heavy atom. The fraction of sp³-hybridized carbons (Fsp3) is 0.190. The summed E-state index contributed by atoms with van der Waals surface area (Å²) in [6.45, 7) is 0.853. The summed E-state index contributed by atoms with van der Waals surface area (Å²) in [6, 6.07) is 16.1. The van der Waals surface area contributed by atoms with E-state index in [0.717, 1.165) is 30.5 Å². The molecule has 0 aliphatic carbocycles. The van der Waals surface area contributed by atoms with Crippen LogP contribution < -0.4 is 4.72 Å². The van der Waals surface area contributed by atoms with Crippen molar-refractivity contribution in [3.05, 3.63) is 88.2 Å². The van der Waals surface area contributed by atoms with Crippen LogP contribution in [0.3, 0.4) is 0 Å². The van der Waals surface area contributed by atoms with Crippen molar-refractivity contribution in [3.63, 3.8) is 0 Å². The quantitative estimate of drug-likeness (QED) is 0.633. The second kappa shape index (κ2) is 7.11. The Morgan fingerprint density at radius 3 is 2.61 bits per heavy atom. The summed E-state index contributed by atoms with van der Waals surface area (Å²) >= 11 is 6.61. The number of nitrogens with one attached hydrogen (secondary N) is 1. The molecule has 1 aromatic heterocycles. The lowest BCUT2D eigenvalue weighted by Gasteiger charge is -2.19. The zero-order chi connectivity index (χ0) is 19.9. The summed E-state index contributed by atoms with van der Waals surface area (Å²) in [5, 5.41) is 0.382.